The van der Waals surface area contributed by atoms with Gasteiger partial charge in [-0.3, -0.25) is 9.59 Å². The van der Waals surface area contributed by atoms with Gasteiger partial charge in [0.25, 0.3) is 0 Å². The van der Waals surface area contributed by atoms with Crippen LogP contribution in [0.2, 0.25) is 0 Å². The molecule has 1 fully saturated rings. The number of rotatable bonds is 5. The van der Waals surface area contributed by atoms with Gasteiger partial charge in [0.1, 0.15) is 11.8 Å². The minimum atomic E-state index is -0.978. The van der Waals surface area contributed by atoms with Gasteiger partial charge in [-0.15, -0.1) is 0 Å². The minimum absolute atomic E-state index is 0.00382. The maximum absolute atomic E-state index is 12.0. The second-order valence-electron chi connectivity index (χ2n) is 4.64. The van der Waals surface area contributed by atoms with Gasteiger partial charge in [0.05, 0.1) is 18.8 Å². The molecule has 0 saturated carbocycles. The molecule has 1 aromatic rings. The lowest BCUT2D eigenvalue weighted by molar-refractivity contribution is -0.143. The number of furan rings is 1. The molecule has 2 rings (SSSR count). The van der Waals surface area contributed by atoms with Crippen molar-refractivity contribution < 1.29 is 23.8 Å². The first kappa shape index (κ1) is 13.6. The first-order chi connectivity index (χ1) is 9.06. The summed E-state index contributed by atoms with van der Waals surface area (Å²) in [5, 5.41) is 9.28. The standard InChI is InChI=1S/C13H17NO5/c1-8-3-5-19-12(8)11-9(13(16)17)7-10(15)14(11)4-6-18-2/h3,5,9,11H,4,6-7H2,1-2H3,(H,16,17). The fourth-order valence-electron chi connectivity index (χ4n) is 2.48. The quantitative estimate of drug-likeness (QED) is 0.867. The Morgan fingerprint density at radius 2 is 2.37 bits per heavy atom. The molecule has 6 heteroatoms. The van der Waals surface area contributed by atoms with Gasteiger partial charge in [0.2, 0.25) is 5.91 Å². The summed E-state index contributed by atoms with van der Waals surface area (Å²) in [5.74, 6) is -1.37. The van der Waals surface area contributed by atoms with Crippen molar-refractivity contribution in [3.8, 4) is 0 Å². The van der Waals surface area contributed by atoms with Crippen molar-refractivity contribution in [2.24, 2.45) is 5.92 Å². The third kappa shape index (κ3) is 2.49. The predicted octanol–water partition coefficient (Wildman–Crippen LogP) is 1.21. The average Bonchev–Trinajstić information content (AvgIpc) is 2.90. The topological polar surface area (TPSA) is 80.0 Å². The van der Waals surface area contributed by atoms with E-state index in [1.165, 1.54) is 11.2 Å². The number of ether oxygens (including phenoxy) is 1. The van der Waals surface area contributed by atoms with Crippen LogP contribution in [0.25, 0.3) is 0 Å². The third-order valence-electron chi connectivity index (χ3n) is 3.46. The van der Waals surface area contributed by atoms with Crippen LogP contribution < -0.4 is 0 Å². The van der Waals surface area contributed by atoms with Crippen molar-refractivity contribution >= 4 is 11.9 Å². The highest BCUT2D eigenvalue weighted by molar-refractivity contribution is 5.87. The van der Waals surface area contributed by atoms with Crippen LogP contribution in [0.5, 0.6) is 0 Å². The Morgan fingerprint density at radius 1 is 1.63 bits per heavy atom. The van der Waals surface area contributed by atoms with Crippen LogP contribution in [0.1, 0.15) is 23.8 Å². The second-order valence-corrected chi connectivity index (χ2v) is 4.64. The van der Waals surface area contributed by atoms with E-state index in [2.05, 4.69) is 0 Å². The summed E-state index contributed by atoms with van der Waals surface area (Å²) < 4.78 is 10.4. The molecule has 1 aliphatic heterocycles. The van der Waals surface area contributed by atoms with Gasteiger partial charge >= 0.3 is 5.97 Å². The number of carboxylic acids is 1. The fourth-order valence-corrected chi connectivity index (χ4v) is 2.48. The molecule has 2 atom stereocenters. The molecule has 1 amide bonds. The van der Waals surface area contributed by atoms with Crippen LogP contribution in [-0.2, 0) is 14.3 Å². The Morgan fingerprint density at radius 3 is 2.89 bits per heavy atom. The third-order valence-corrected chi connectivity index (χ3v) is 3.46. The number of methoxy groups -OCH3 is 1. The zero-order valence-corrected chi connectivity index (χ0v) is 11.0. The van der Waals surface area contributed by atoms with E-state index in [0.717, 1.165) is 5.56 Å². The van der Waals surface area contributed by atoms with Crippen LogP contribution in [0, 0.1) is 12.8 Å². The van der Waals surface area contributed by atoms with Crippen molar-refractivity contribution in [2.75, 3.05) is 20.3 Å². The van der Waals surface area contributed by atoms with E-state index >= 15 is 0 Å². The molecule has 1 aromatic heterocycles. The van der Waals surface area contributed by atoms with Crippen molar-refractivity contribution in [3.05, 3.63) is 23.7 Å². The van der Waals surface area contributed by atoms with Gasteiger partial charge in [-0.25, -0.2) is 0 Å². The summed E-state index contributed by atoms with van der Waals surface area (Å²) in [7, 11) is 1.54. The Balaban J connectivity index is 2.33. The molecule has 2 unspecified atom stereocenters. The lowest BCUT2D eigenvalue weighted by atomic mass is 9.96. The molecule has 0 bridgehead atoms. The van der Waals surface area contributed by atoms with E-state index in [1.54, 1.807) is 13.2 Å². The first-order valence-corrected chi connectivity index (χ1v) is 6.11. The van der Waals surface area contributed by atoms with E-state index in [9.17, 15) is 14.7 Å². The lowest BCUT2D eigenvalue weighted by Crippen LogP contribution is -2.33. The van der Waals surface area contributed by atoms with Crippen molar-refractivity contribution in [2.45, 2.75) is 19.4 Å². The number of aryl methyl sites for hydroxylation is 1. The maximum Gasteiger partial charge on any atom is 0.309 e. The smallest absolute Gasteiger partial charge is 0.309 e. The van der Waals surface area contributed by atoms with E-state index in [1.807, 2.05) is 6.92 Å². The predicted molar refractivity (Wildman–Crippen MR) is 65.5 cm³/mol. The van der Waals surface area contributed by atoms with E-state index in [-0.39, 0.29) is 12.3 Å². The van der Waals surface area contributed by atoms with Crippen LogP contribution in [0.3, 0.4) is 0 Å². The summed E-state index contributed by atoms with van der Waals surface area (Å²) in [6.07, 6.45) is 1.52. The molecule has 6 nitrogen and oxygen atoms in total. The minimum Gasteiger partial charge on any atom is -0.481 e. The van der Waals surface area contributed by atoms with Gasteiger partial charge in [0.15, 0.2) is 0 Å². The number of carbonyl (C=O) groups is 2. The Labute approximate surface area is 110 Å². The number of hydrogen-bond donors (Lipinski definition) is 1. The number of nitrogens with zero attached hydrogens (tertiary/aromatic N) is 1. The Kier molecular flexibility index (Phi) is 3.90. The van der Waals surface area contributed by atoms with Crippen LogP contribution in [-0.4, -0.2) is 42.1 Å². The largest absolute Gasteiger partial charge is 0.481 e. The Bertz CT molecular complexity index is 481. The molecule has 1 N–H and O–H groups in total. The second kappa shape index (κ2) is 5.44. The van der Waals surface area contributed by atoms with Crippen LogP contribution >= 0.6 is 0 Å². The van der Waals surface area contributed by atoms with Gasteiger partial charge < -0.3 is 19.2 Å². The first-order valence-electron chi connectivity index (χ1n) is 6.11. The fraction of sp³-hybridized carbons (Fsp3) is 0.538. The highest BCUT2D eigenvalue weighted by Crippen LogP contribution is 2.39. The van der Waals surface area contributed by atoms with Crippen molar-refractivity contribution in [1.82, 2.24) is 4.90 Å². The van der Waals surface area contributed by atoms with Crippen LogP contribution in [0.15, 0.2) is 16.7 Å². The van der Waals surface area contributed by atoms with Gasteiger partial charge in [-0.1, -0.05) is 0 Å². The molecule has 0 spiro atoms. The molecular formula is C13H17NO5. The normalized spacial score (nSPS) is 23.1. The molecule has 2 heterocycles. The highest BCUT2D eigenvalue weighted by Gasteiger charge is 2.46. The van der Waals surface area contributed by atoms with Gasteiger partial charge in [-0.05, 0) is 18.6 Å². The molecule has 0 aromatic carbocycles. The molecule has 104 valence electrons. The van der Waals surface area contributed by atoms with E-state index in [4.69, 9.17) is 9.15 Å². The van der Waals surface area contributed by atoms with E-state index < -0.39 is 17.9 Å². The average molecular weight is 267 g/mol. The summed E-state index contributed by atoms with van der Waals surface area (Å²) in [5.41, 5.74) is 0.855. The summed E-state index contributed by atoms with van der Waals surface area (Å²) >= 11 is 0. The highest BCUT2D eigenvalue weighted by atomic mass is 16.5. The molecule has 0 aliphatic carbocycles. The zero-order chi connectivity index (χ0) is 14.0. The number of amides is 1. The molecule has 1 aliphatic rings. The monoisotopic (exact) mass is 267 g/mol. The van der Waals surface area contributed by atoms with Gasteiger partial charge in [0, 0.05) is 20.1 Å². The molecule has 19 heavy (non-hydrogen) atoms. The summed E-state index contributed by atoms with van der Waals surface area (Å²) in [4.78, 5) is 24.8. The van der Waals surface area contributed by atoms with Crippen molar-refractivity contribution in [3.63, 3.8) is 0 Å². The van der Waals surface area contributed by atoms with Crippen molar-refractivity contribution in [1.29, 1.82) is 0 Å². The van der Waals surface area contributed by atoms with Crippen LogP contribution in [0.4, 0.5) is 0 Å². The Hall–Kier alpha value is -1.82. The summed E-state index contributed by atoms with van der Waals surface area (Å²) in [6.45, 7) is 2.58. The maximum atomic E-state index is 12.0. The molecule has 1 saturated heterocycles. The van der Waals surface area contributed by atoms with Gasteiger partial charge in [-0.2, -0.15) is 0 Å². The van der Waals surface area contributed by atoms with E-state index in [0.29, 0.717) is 18.9 Å². The lowest BCUT2D eigenvalue weighted by Gasteiger charge is -2.25. The molecule has 0 radical (unpaired) electrons. The zero-order valence-electron chi connectivity index (χ0n) is 11.0. The number of hydrogen-bond acceptors (Lipinski definition) is 4. The number of aliphatic carboxylic acids is 1. The number of carbonyl (C=O) groups excluding carboxylic acids is 1. The number of carboxylic acid groups (broad SMARTS) is 1. The summed E-state index contributed by atoms with van der Waals surface area (Å²) in [6, 6.07) is 1.22. The molecular weight excluding hydrogens is 250 g/mol. The number of likely N-dealkylation sites (tertiary alicyclic amines) is 1. The SMILES string of the molecule is COCCN1C(=O)CC(C(=O)O)C1c1occc1C.